The molecule has 0 bridgehead atoms. The third-order valence-corrected chi connectivity index (χ3v) is 5.22. The number of aromatic nitrogens is 2. The zero-order valence-electron chi connectivity index (χ0n) is 18.3. The average Bonchev–Trinajstić information content (AvgIpc) is 2.81. The molecule has 3 rings (SSSR count). The molecule has 2 heterocycles. The lowest BCUT2D eigenvalue weighted by atomic mass is 10.1. The van der Waals surface area contributed by atoms with Gasteiger partial charge in [0, 0.05) is 32.7 Å². The maximum Gasteiger partial charge on any atom is 0.417 e. The van der Waals surface area contributed by atoms with Gasteiger partial charge in [0.1, 0.15) is 5.82 Å². The van der Waals surface area contributed by atoms with E-state index >= 15 is 0 Å². The van der Waals surface area contributed by atoms with E-state index in [1.165, 1.54) is 35.5 Å². The summed E-state index contributed by atoms with van der Waals surface area (Å²) in [5.74, 6) is -0.0693. The minimum atomic E-state index is -4.60. The number of unbranched alkanes of at least 4 members (excludes halogenated alkanes) is 2. The number of halogens is 3. The number of hydrogen-bond acceptors (Lipinski definition) is 6. The van der Waals surface area contributed by atoms with Crippen molar-refractivity contribution < 1.29 is 27.5 Å². The van der Waals surface area contributed by atoms with Crippen molar-refractivity contribution in [2.24, 2.45) is 0 Å². The molecule has 1 fully saturated rings. The SMILES string of the molecule is CCCCCNC(=O)Oc1cnc(N2CCN(C(=O)c3ccccc3C(F)(F)F)CC2)cn1. The lowest BCUT2D eigenvalue weighted by Gasteiger charge is -2.35. The van der Waals surface area contributed by atoms with Crippen molar-refractivity contribution in [1.82, 2.24) is 20.2 Å². The van der Waals surface area contributed by atoms with Crippen molar-refractivity contribution in [1.29, 1.82) is 0 Å². The molecule has 8 nitrogen and oxygen atoms in total. The molecule has 0 saturated carbocycles. The van der Waals surface area contributed by atoms with Crippen LogP contribution in [0.1, 0.15) is 42.1 Å². The molecule has 33 heavy (non-hydrogen) atoms. The summed E-state index contributed by atoms with van der Waals surface area (Å²) in [7, 11) is 0. The topological polar surface area (TPSA) is 87.7 Å². The Kier molecular flexibility index (Phi) is 8.07. The van der Waals surface area contributed by atoms with Gasteiger partial charge in [-0.15, -0.1) is 0 Å². The van der Waals surface area contributed by atoms with E-state index in [1.807, 2.05) is 4.90 Å². The van der Waals surface area contributed by atoms with Gasteiger partial charge in [-0.05, 0) is 18.6 Å². The van der Waals surface area contributed by atoms with Crippen molar-refractivity contribution in [2.45, 2.75) is 32.4 Å². The standard InChI is InChI=1S/C22H26F3N5O3/c1-2-3-6-9-26-21(32)33-19-15-27-18(14-28-19)29-10-12-30(13-11-29)20(31)16-7-4-5-8-17(16)22(23,24)25/h4-5,7-8,14-15H,2-3,6,9-13H2,1H3,(H,26,32). The summed E-state index contributed by atoms with van der Waals surface area (Å²) in [4.78, 5) is 36.0. The smallest absolute Gasteiger partial charge is 0.390 e. The molecule has 0 aliphatic carbocycles. The molecule has 11 heteroatoms. The number of hydrogen-bond donors (Lipinski definition) is 1. The lowest BCUT2D eigenvalue weighted by Crippen LogP contribution is -2.49. The van der Waals surface area contributed by atoms with Crippen molar-refractivity contribution in [3.8, 4) is 5.88 Å². The van der Waals surface area contributed by atoms with E-state index in [-0.39, 0.29) is 24.5 Å². The van der Waals surface area contributed by atoms with Gasteiger partial charge in [0.25, 0.3) is 5.91 Å². The van der Waals surface area contributed by atoms with Crippen LogP contribution in [0.25, 0.3) is 0 Å². The minimum absolute atomic E-state index is 0.0595. The Hall–Kier alpha value is -3.37. The second-order valence-corrected chi connectivity index (χ2v) is 7.56. The van der Waals surface area contributed by atoms with E-state index in [0.29, 0.717) is 25.5 Å². The molecule has 1 N–H and O–H groups in total. The van der Waals surface area contributed by atoms with Crippen LogP contribution in [0.5, 0.6) is 5.88 Å². The van der Waals surface area contributed by atoms with Crippen molar-refractivity contribution >= 4 is 17.8 Å². The Balaban J connectivity index is 1.53. The second-order valence-electron chi connectivity index (χ2n) is 7.56. The molecule has 2 amide bonds. The Labute approximate surface area is 189 Å². The van der Waals surface area contributed by atoms with Gasteiger partial charge in [-0.25, -0.2) is 14.8 Å². The predicted molar refractivity (Wildman–Crippen MR) is 115 cm³/mol. The Bertz CT molecular complexity index is 945. The number of alkyl halides is 3. The second kappa shape index (κ2) is 11.0. The first-order chi connectivity index (χ1) is 15.8. The van der Waals surface area contributed by atoms with Gasteiger partial charge in [0.15, 0.2) is 0 Å². The molecule has 0 unspecified atom stereocenters. The molecule has 1 aliphatic rings. The van der Waals surface area contributed by atoms with Crippen LogP contribution in [-0.4, -0.2) is 59.6 Å². The summed E-state index contributed by atoms with van der Waals surface area (Å²) >= 11 is 0. The number of anilines is 1. The number of benzene rings is 1. The highest BCUT2D eigenvalue weighted by Crippen LogP contribution is 2.32. The fraction of sp³-hybridized carbons (Fsp3) is 0.455. The van der Waals surface area contributed by atoms with Gasteiger partial charge < -0.3 is 19.9 Å². The molecular formula is C22H26F3N5O3. The zero-order valence-corrected chi connectivity index (χ0v) is 18.3. The first kappa shape index (κ1) is 24.3. The molecule has 0 spiro atoms. The highest BCUT2D eigenvalue weighted by molar-refractivity contribution is 5.96. The van der Waals surface area contributed by atoms with E-state index in [2.05, 4.69) is 22.2 Å². The highest BCUT2D eigenvalue weighted by Gasteiger charge is 2.36. The van der Waals surface area contributed by atoms with Gasteiger partial charge in [-0.3, -0.25) is 4.79 Å². The summed E-state index contributed by atoms with van der Waals surface area (Å²) < 4.78 is 44.8. The Morgan fingerprint density at radius 2 is 1.79 bits per heavy atom. The van der Waals surface area contributed by atoms with Gasteiger partial charge in [0.2, 0.25) is 5.88 Å². The molecule has 1 saturated heterocycles. The van der Waals surface area contributed by atoms with Crippen molar-refractivity contribution in [3.05, 3.63) is 47.8 Å². The fourth-order valence-electron chi connectivity index (χ4n) is 3.45. The largest absolute Gasteiger partial charge is 0.417 e. The van der Waals surface area contributed by atoms with Crippen LogP contribution < -0.4 is 15.0 Å². The van der Waals surface area contributed by atoms with Crippen LogP contribution in [0.15, 0.2) is 36.7 Å². The number of carbonyl (C=O) groups excluding carboxylic acids is 2. The molecular weight excluding hydrogens is 439 g/mol. The summed E-state index contributed by atoms with van der Waals surface area (Å²) in [6, 6.07) is 4.79. The number of nitrogens with one attached hydrogen (secondary N) is 1. The van der Waals surface area contributed by atoms with Gasteiger partial charge in [-0.2, -0.15) is 13.2 Å². The maximum atomic E-state index is 13.2. The fourth-order valence-corrected chi connectivity index (χ4v) is 3.45. The molecule has 0 atom stereocenters. The third-order valence-electron chi connectivity index (χ3n) is 5.22. The Morgan fingerprint density at radius 3 is 2.42 bits per heavy atom. The van der Waals surface area contributed by atoms with Crippen LogP contribution in [0.2, 0.25) is 0 Å². The Morgan fingerprint density at radius 1 is 1.06 bits per heavy atom. The van der Waals surface area contributed by atoms with Crippen molar-refractivity contribution in [3.63, 3.8) is 0 Å². The van der Waals surface area contributed by atoms with Crippen LogP contribution in [0.3, 0.4) is 0 Å². The van der Waals surface area contributed by atoms with Crippen LogP contribution in [0.4, 0.5) is 23.8 Å². The number of rotatable bonds is 7. The van der Waals surface area contributed by atoms with Crippen molar-refractivity contribution in [2.75, 3.05) is 37.6 Å². The molecule has 1 aromatic carbocycles. The van der Waals surface area contributed by atoms with E-state index in [0.717, 1.165) is 25.3 Å². The number of amides is 2. The van der Waals surface area contributed by atoms with Gasteiger partial charge >= 0.3 is 12.3 Å². The molecule has 1 aliphatic heterocycles. The first-order valence-corrected chi connectivity index (χ1v) is 10.8. The van der Waals surface area contributed by atoms with Crippen LogP contribution >= 0.6 is 0 Å². The number of ether oxygens (including phenoxy) is 1. The summed E-state index contributed by atoms with van der Waals surface area (Å²) in [5.41, 5.74) is -1.29. The third kappa shape index (κ3) is 6.56. The monoisotopic (exact) mass is 465 g/mol. The van der Waals surface area contributed by atoms with Gasteiger partial charge in [0.05, 0.1) is 23.5 Å². The minimum Gasteiger partial charge on any atom is -0.390 e. The number of carbonyl (C=O) groups is 2. The maximum absolute atomic E-state index is 13.2. The first-order valence-electron chi connectivity index (χ1n) is 10.8. The normalized spacial score (nSPS) is 14.2. The lowest BCUT2D eigenvalue weighted by molar-refractivity contribution is -0.138. The molecule has 178 valence electrons. The van der Waals surface area contributed by atoms with E-state index < -0.39 is 23.7 Å². The van der Waals surface area contributed by atoms with E-state index in [4.69, 9.17) is 4.74 Å². The molecule has 0 radical (unpaired) electrons. The predicted octanol–water partition coefficient (Wildman–Crippen LogP) is 3.74. The number of nitrogens with zero attached hydrogens (tertiary/aromatic N) is 4. The van der Waals surface area contributed by atoms with Crippen LogP contribution in [-0.2, 0) is 6.18 Å². The summed E-state index contributed by atoms with van der Waals surface area (Å²) in [5, 5.41) is 2.64. The number of piperazine rings is 1. The average molecular weight is 465 g/mol. The van der Waals surface area contributed by atoms with E-state index in [1.54, 1.807) is 0 Å². The summed E-state index contributed by atoms with van der Waals surface area (Å²) in [6.45, 7) is 3.84. The van der Waals surface area contributed by atoms with Gasteiger partial charge in [-0.1, -0.05) is 31.9 Å². The quantitative estimate of drug-likeness (QED) is 0.627. The summed E-state index contributed by atoms with van der Waals surface area (Å²) in [6.07, 6.45) is 0.523. The molecule has 1 aromatic heterocycles. The van der Waals surface area contributed by atoms with Crippen LogP contribution in [0, 0.1) is 0 Å². The highest BCUT2D eigenvalue weighted by atomic mass is 19.4. The molecule has 2 aromatic rings. The van der Waals surface area contributed by atoms with E-state index in [9.17, 15) is 22.8 Å². The zero-order chi connectivity index (χ0) is 23.8.